The van der Waals surface area contributed by atoms with Gasteiger partial charge in [0.2, 0.25) is 0 Å². The molecule has 0 saturated heterocycles. The fourth-order valence-corrected chi connectivity index (χ4v) is 3.19. The van der Waals surface area contributed by atoms with Crippen LogP contribution in [0.4, 0.5) is 0 Å². The molecule has 0 heterocycles. The molecule has 0 aromatic heterocycles. The second-order valence-electron chi connectivity index (χ2n) is 4.79. The Labute approximate surface area is 134 Å². The fraction of sp³-hybridized carbons (Fsp3) is 0.333. The van der Waals surface area contributed by atoms with E-state index in [2.05, 4.69) is 66.0 Å². The molecule has 3 heteroatoms. The first-order chi connectivity index (χ1) is 7.52. The van der Waals surface area contributed by atoms with Crippen molar-refractivity contribution < 1.29 is 45.2 Å². The van der Waals surface area contributed by atoms with Crippen molar-refractivity contribution in [3.05, 3.63) is 56.6 Å². The summed E-state index contributed by atoms with van der Waals surface area (Å²) >= 11 is 2.19. The monoisotopic (exact) mass is 315 g/mol. The summed E-state index contributed by atoms with van der Waals surface area (Å²) in [5, 5.41) is 0. The van der Waals surface area contributed by atoms with Crippen LogP contribution in [0.25, 0.3) is 0 Å². The van der Waals surface area contributed by atoms with Crippen molar-refractivity contribution in [2.24, 2.45) is 5.92 Å². The summed E-state index contributed by atoms with van der Waals surface area (Å²) in [6, 6.07) is 0. The van der Waals surface area contributed by atoms with E-state index < -0.39 is 0 Å². The van der Waals surface area contributed by atoms with E-state index in [0.29, 0.717) is 5.92 Å². The van der Waals surface area contributed by atoms with Crippen molar-refractivity contribution in [3.63, 3.8) is 0 Å². The molecular formula is C15H17Cl2Ti. The van der Waals surface area contributed by atoms with Gasteiger partial charge < -0.3 is 24.8 Å². The molecule has 0 atom stereocenters. The summed E-state index contributed by atoms with van der Waals surface area (Å²) in [5.74, 6) is 0.575. The van der Waals surface area contributed by atoms with Gasteiger partial charge in [-0.2, -0.15) is 0 Å². The standard InChI is InChI=1S/C15H17.2ClH.Ti/c1-10(2)14-8-11(3)9-15(14)13-7-5-6-12(13)4;;;/h5-6,9-10H,3,7H2,1-2,4H3;2*1H;/q;;;+2/p-2. The van der Waals surface area contributed by atoms with Crippen LogP contribution in [-0.2, 0) is 20.4 Å². The van der Waals surface area contributed by atoms with Gasteiger partial charge in [0.05, 0.1) is 0 Å². The van der Waals surface area contributed by atoms with Crippen molar-refractivity contribution in [1.82, 2.24) is 0 Å². The predicted molar refractivity (Wildman–Crippen MR) is 65.5 cm³/mol. The molecule has 0 unspecified atom stereocenters. The van der Waals surface area contributed by atoms with Crippen LogP contribution in [-0.4, -0.2) is 0 Å². The molecule has 0 fully saturated rings. The molecule has 0 saturated carbocycles. The number of hydrogen-bond acceptors (Lipinski definition) is 0. The van der Waals surface area contributed by atoms with Crippen LogP contribution in [0.5, 0.6) is 0 Å². The van der Waals surface area contributed by atoms with Crippen LogP contribution in [0.1, 0.15) is 27.2 Å². The van der Waals surface area contributed by atoms with Gasteiger partial charge in [0.1, 0.15) is 0 Å². The number of hydrogen-bond donors (Lipinski definition) is 0. The number of allylic oxidation sites excluding steroid dienone is 9. The van der Waals surface area contributed by atoms with Crippen LogP contribution in [0.2, 0.25) is 0 Å². The average molecular weight is 316 g/mol. The first-order valence-corrected chi connectivity index (χ1v) is 6.54. The van der Waals surface area contributed by atoms with Crippen LogP contribution in [0, 0.1) is 5.92 Å². The van der Waals surface area contributed by atoms with Gasteiger partial charge in [-0.3, -0.25) is 0 Å². The van der Waals surface area contributed by atoms with E-state index in [0.717, 1.165) is 6.42 Å². The number of halogens is 2. The van der Waals surface area contributed by atoms with Gasteiger partial charge in [-0.25, -0.2) is 0 Å². The van der Waals surface area contributed by atoms with E-state index in [-0.39, 0.29) is 24.8 Å². The van der Waals surface area contributed by atoms with E-state index in [1.165, 1.54) is 31.7 Å². The molecular weight excluding hydrogens is 299 g/mol. The second-order valence-corrected chi connectivity index (χ2v) is 5.58. The molecule has 0 aromatic carbocycles. The minimum absolute atomic E-state index is 0. The Bertz CT molecular complexity index is 477. The summed E-state index contributed by atoms with van der Waals surface area (Å²) < 4.78 is 1.37. The van der Waals surface area contributed by atoms with Crippen molar-refractivity contribution in [2.75, 3.05) is 0 Å². The molecule has 95 valence electrons. The van der Waals surface area contributed by atoms with E-state index in [1.54, 1.807) is 0 Å². The van der Waals surface area contributed by atoms with E-state index in [1.807, 2.05) is 0 Å². The third-order valence-electron chi connectivity index (χ3n) is 3.27. The summed E-state index contributed by atoms with van der Waals surface area (Å²) in [4.78, 5) is 0. The molecule has 0 bridgehead atoms. The Kier molecular flexibility index (Phi) is 6.96. The maximum Gasteiger partial charge on any atom is -1.00 e. The van der Waals surface area contributed by atoms with Crippen LogP contribution in [0.3, 0.4) is 0 Å². The Hall–Kier alpha value is -0.00571. The molecule has 0 N–H and O–H groups in total. The Morgan fingerprint density at radius 3 is 2.33 bits per heavy atom. The minimum Gasteiger partial charge on any atom is -1.00 e. The maximum absolute atomic E-state index is 4.14. The topological polar surface area (TPSA) is 0 Å². The maximum atomic E-state index is 4.14. The molecule has 0 aliphatic heterocycles. The molecule has 2 aliphatic carbocycles. The Balaban J connectivity index is 0.00000144. The summed E-state index contributed by atoms with van der Waals surface area (Å²) in [5.41, 5.74) is 7.00. The molecule has 0 radical (unpaired) electrons. The van der Waals surface area contributed by atoms with E-state index >= 15 is 0 Å². The smallest absolute Gasteiger partial charge is 1.00 e. The molecule has 0 aromatic rings. The van der Waals surface area contributed by atoms with Gasteiger partial charge in [0.15, 0.2) is 0 Å². The average Bonchev–Trinajstić information content (AvgIpc) is 2.72. The summed E-state index contributed by atoms with van der Waals surface area (Å²) in [7, 11) is 0. The summed E-state index contributed by atoms with van der Waals surface area (Å²) in [6.07, 6.45) is 7.81. The first kappa shape index (κ1) is 18.0. The molecule has 2 aliphatic rings. The molecule has 18 heavy (non-hydrogen) atoms. The zero-order chi connectivity index (χ0) is 11.9. The summed E-state index contributed by atoms with van der Waals surface area (Å²) in [6.45, 7) is 10.9. The molecule has 0 amide bonds. The van der Waals surface area contributed by atoms with Gasteiger partial charge in [-0.1, -0.05) is 0 Å². The Morgan fingerprint density at radius 1 is 1.28 bits per heavy atom. The van der Waals surface area contributed by atoms with Crippen LogP contribution in [0.15, 0.2) is 56.6 Å². The van der Waals surface area contributed by atoms with Crippen molar-refractivity contribution in [1.29, 1.82) is 0 Å². The van der Waals surface area contributed by atoms with Crippen molar-refractivity contribution >= 4 is 0 Å². The second kappa shape index (κ2) is 6.96. The van der Waals surface area contributed by atoms with Gasteiger partial charge in [0.25, 0.3) is 0 Å². The first-order valence-electron chi connectivity index (χ1n) is 5.76. The number of rotatable bonds is 2. The van der Waals surface area contributed by atoms with E-state index in [4.69, 9.17) is 0 Å². The minimum atomic E-state index is 0. The van der Waals surface area contributed by atoms with Crippen LogP contribution < -0.4 is 24.8 Å². The third kappa shape index (κ3) is 3.11. The van der Waals surface area contributed by atoms with Crippen LogP contribution >= 0.6 is 0 Å². The Morgan fingerprint density at radius 2 is 1.89 bits per heavy atom. The predicted octanol–water partition coefficient (Wildman–Crippen LogP) is -1.78. The fourth-order valence-electron chi connectivity index (χ4n) is 2.42. The van der Waals surface area contributed by atoms with E-state index in [9.17, 15) is 0 Å². The normalized spacial score (nSPS) is 18.3. The largest absolute Gasteiger partial charge is 1.00 e. The molecule has 0 spiro atoms. The zero-order valence-corrected chi connectivity index (χ0v) is 14.1. The van der Waals surface area contributed by atoms with Gasteiger partial charge in [-0.05, 0) is 0 Å². The molecule has 0 nitrogen and oxygen atoms in total. The SMILES string of the molecule is C=C1C=C(C2=C(C)C=CC2)C(C(C)C)=[C]1[Ti+2].[Cl-].[Cl-]. The van der Waals surface area contributed by atoms with Gasteiger partial charge in [-0.15, -0.1) is 0 Å². The quantitative estimate of drug-likeness (QED) is 0.529. The third-order valence-corrected chi connectivity index (χ3v) is 4.19. The van der Waals surface area contributed by atoms with Crippen molar-refractivity contribution in [3.8, 4) is 0 Å². The zero-order valence-electron chi connectivity index (χ0n) is 11.0. The molecule has 2 rings (SSSR count). The van der Waals surface area contributed by atoms with Gasteiger partial charge >= 0.3 is 110 Å². The van der Waals surface area contributed by atoms with Crippen molar-refractivity contribution in [2.45, 2.75) is 27.2 Å². The van der Waals surface area contributed by atoms with Gasteiger partial charge in [0, 0.05) is 0 Å².